The number of halogens is 2. The van der Waals surface area contributed by atoms with Crippen molar-refractivity contribution in [2.45, 2.75) is 6.10 Å². The molecule has 1 nitrogen and oxygen atoms in total. The number of epoxide rings is 1. The van der Waals surface area contributed by atoms with E-state index in [0.29, 0.717) is 10.0 Å². The molecule has 12 heavy (non-hydrogen) atoms. The number of benzene rings is 1. The van der Waals surface area contributed by atoms with Crippen molar-refractivity contribution < 1.29 is 4.74 Å². The van der Waals surface area contributed by atoms with Crippen LogP contribution in [0.5, 0.6) is 0 Å². The second-order valence-electron chi connectivity index (χ2n) is 2.91. The van der Waals surface area contributed by atoms with Crippen LogP contribution < -0.4 is 0 Å². The maximum absolute atomic E-state index is 5.99. The number of fused-ring (bicyclic) bond motifs is 3. The van der Waals surface area contributed by atoms with Gasteiger partial charge in [0.1, 0.15) is 5.76 Å². The van der Waals surface area contributed by atoms with E-state index < -0.39 is 0 Å². The van der Waals surface area contributed by atoms with Gasteiger partial charge in [0.15, 0.2) is 6.10 Å². The minimum absolute atomic E-state index is 0.176. The Kier molecular flexibility index (Phi) is 1.12. The van der Waals surface area contributed by atoms with Crippen LogP contribution in [0, 0.1) is 0 Å². The van der Waals surface area contributed by atoms with Crippen LogP contribution in [0.3, 0.4) is 0 Å². The Balaban J connectivity index is 2.32. The molecular weight excluding hydrogens is 195 g/mol. The van der Waals surface area contributed by atoms with Crippen LogP contribution in [-0.2, 0) is 4.74 Å². The Morgan fingerprint density at radius 2 is 2.08 bits per heavy atom. The summed E-state index contributed by atoms with van der Waals surface area (Å²) in [5.41, 5.74) is 2.16. The van der Waals surface area contributed by atoms with Gasteiger partial charge in [-0.15, -0.1) is 0 Å². The van der Waals surface area contributed by atoms with Crippen molar-refractivity contribution in [2.75, 3.05) is 0 Å². The van der Waals surface area contributed by atoms with Crippen molar-refractivity contribution in [1.82, 2.24) is 0 Å². The van der Waals surface area contributed by atoms with Gasteiger partial charge < -0.3 is 4.74 Å². The van der Waals surface area contributed by atoms with E-state index in [0.717, 1.165) is 16.9 Å². The van der Waals surface area contributed by atoms with E-state index in [2.05, 4.69) is 0 Å². The van der Waals surface area contributed by atoms with Crippen LogP contribution in [0.4, 0.5) is 0 Å². The van der Waals surface area contributed by atoms with Crippen molar-refractivity contribution in [2.24, 2.45) is 0 Å². The molecular formula is C9H4Cl2O. The van der Waals surface area contributed by atoms with E-state index >= 15 is 0 Å². The van der Waals surface area contributed by atoms with Gasteiger partial charge in [-0.3, -0.25) is 0 Å². The predicted molar refractivity (Wildman–Crippen MR) is 48.3 cm³/mol. The third-order valence-corrected chi connectivity index (χ3v) is 3.01. The molecule has 0 spiro atoms. The monoisotopic (exact) mass is 198 g/mol. The lowest BCUT2D eigenvalue weighted by atomic mass is 10.1. The molecule has 2 aliphatic rings. The Morgan fingerprint density at radius 1 is 1.25 bits per heavy atom. The first-order valence-electron chi connectivity index (χ1n) is 3.63. The highest BCUT2D eigenvalue weighted by Gasteiger charge is 2.41. The summed E-state index contributed by atoms with van der Waals surface area (Å²) in [6, 6.07) is 3.77. The lowest BCUT2D eigenvalue weighted by molar-refractivity contribution is 0.434. The topological polar surface area (TPSA) is 12.5 Å². The van der Waals surface area contributed by atoms with Crippen LogP contribution in [-0.4, -0.2) is 0 Å². The second-order valence-corrected chi connectivity index (χ2v) is 3.69. The zero-order valence-electron chi connectivity index (χ0n) is 5.97. The normalized spacial score (nSPS) is 22.5. The lowest BCUT2D eigenvalue weighted by Gasteiger charge is -2.03. The van der Waals surface area contributed by atoms with E-state index in [1.165, 1.54) is 0 Å². The molecule has 1 atom stereocenters. The van der Waals surface area contributed by atoms with E-state index in [1.54, 1.807) is 6.07 Å². The van der Waals surface area contributed by atoms with Gasteiger partial charge >= 0.3 is 0 Å². The van der Waals surface area contributed by atoms with Crippen molar-refractivity contribution in [3.63, 3.8) is 0 Å². The number of hydrogen-bond donors (Lipinski definition) is 0. The minimum Gasteiger partial charge on any atom is -0.478 e. The molecule has 1 fully saturated rings. The quantitative estimate of drug-likeness (QED) is 0.583. The summed E-state index contributed by atoms with van der Waals surface area (Å²) in [6.07, 6.45) is 2.13. The fourth-order valence-electron chi connectivity index (χ4n) is 1.53. The van der Waals surface area contributed by atoms with Crippen molar-refractivity contribution >= 4 is 29.3 Å². The molecule has 1 aliphatic carbocycles. The number of rotatable bonds is 0. The zero-order chi connectivity index (χ0) is 8.29. The Hall–Kier alpha value is -0.660. The lowest BCUT2D eigenvalue weighted by Crippen LogP contribution is -1.84. The maximum Gasteiger partial charge on any atom is 0.181 e. The van der Waals surface area contributed by atoms with Crippen LogP contribution in [0.2, 0.25) is 10.0 Å². The van der Waals surface area contributed by atoms with Crippen LogP contribution >= 0.6 is 23.2 Å². The van der Waals surface area contributed by atoms with Crippen LogP contribution in [0.1, 0.15) is 17.2 Å². The first-order chi connectivity index (χ1) is 5.77. The molecule has 3 rings (SSSR count). The van der Waals surface area contributed by atoms with Gasteiger partial charge in [0.25, 0.3) is 0 Å². The molecule has 1 saturated heterocycles. The van der Waals surface area contributed by atoms with Crippen molar-refractivity contribution in [1.29, 1.82) is 0 Å². The highest BCUT2D eigenvalue weighted by Crippen LogP contribution is 2.53. The molecule has 3 heteroatoms. The summed E-state index contributed by atoms with van der Waals surface area (Å²) in [7, 11) is 0. The van der Waals surface area contributed by atoms with E-state index in [1.807, 2.05) is 12.1 Å². The highest BCUT2D eigenvalue weighted by atomic mass is 35.5. The third-order valence-electron chi connectivity index (χ3n) is 2.19. The van der Waals surface area contributed by atoms with Gasteiger partial charge in [0.2, 0.25) is 0 Å². The van der Waals surface area contributed by atoms with Crippen molar-refractivity contribution in [3.05, 3.63) is 39.1 Å². The SMILES string of the molecule is Clc1ccc2c(c1Cl)C=C1OC12. The maximum atomic E-state index is 5.99. The first kappa shape index (κ1) is 6.81. The van der Waals surface area contributed by atoms with Gasteiger partial charge in [0.05, 0.1) is 10.0 Å². The number of ether oxygens (including phenoxy) is 1. The molecule has 0 amide bonds. The van der Waals surface area contributed by atoms with Gasteiger partial charge in [-0.25, -0.2) is 0 Å². The Bertz CT molecular complexity index is 409. The van der Waals surface area contributed by atoms with Gasteiger partial charge in [-0.2, -0.15) is 0 Å². The first-order valence-corrected chi connectivity index (χ1v) is 4.39. The third kappa shape index (κ3) is 0.706. The second kappa shape index (κ2) is 1.98. The minimum atomic E-state index is 0.176. The molecule has 0 bridgehead atoms. The molecule has 0 saturated carbocycles. The fourth-order valence-corrected chi connectivity index (χ4v) is 1.92. The number of hydrogen-bond acceptors (Lipinski definition) is 1. The van der Waals surface area contributed by atoms with E-state index in [9.17, 15) is 0 Å². The summed E-state index contributed by atoms with van der Waals surface area (Å²) in [6.45, 7) is 0. The summed E-state index contributed by atoms with van der Waals surface area (Å²) >= 11 is 11.8. The molecule has 0 aromatic heterocycles. The molecule has 1 aromatic carbocycles. The standard InChI is InChI=1S/C9H4Cl2O/c10-6-2-1-4-5(8(6)11)3-7-9(4)12-7/h1-3,9H. The summed E-state index contributed by atoms with van der Waals surface area (Å²) < 4.78 is 5.23. The van der Waals surface area contributed by atoms with Gasteiger partial charge in [-0.05, 0) is 12.1 Å². The molecule has 1 unspecified atom stereocenters. The Morgan fingerprint density at radius 3 is 2.92 bits per heavy atom. The summed E-state index contributed by atoms with van der Waals surface area (Å²) in [4.78, 5) is 0. The molecule has 1 aliphatic heterocycles. The van der Waals surface area contributed by atoms with Crippen LogP contribution in [0.15, 0.2) is 17.9 Å². The molecule has 1 aromatic rings. The van der Waals surface area contributed by atoms with E-state index in [-0.39, 0.29) is 6.10 Å². The average molecular weight is 199 g/mol. The average Bonchev–Trinajstić information content (AvgIpc) is 2.73. The fraction of sp³-hybridized carbons (Fsp3) is 0.111. The Labute approximate surface area is 79.5 Å². The summed E-state index contributed by atoms with van der Waals surface area (Å²) in [5, 5.41) is 1.24. The van der Waals surface area contributed by atoms with Crippen LogP contribution in [0.25, 0.3) is 6.08 Å². The van der Waals surface area contributed by atoms with Crippen molar-refractivity contribution in [3.8, 4) is 0 Å². The smallest absolute Gasteiger partial charge is 0.181 e. The molecule has 1 heterocycles. The molecule has 0 N–H and O–H groups in total. The van der Waals surface area contributed by atoms with Gasteiger partial charge in [0, 0.05) is 11.1 Å². The zero-order valence-corrected chi connectivity index (χ0v) is 7.49. The summed E-state index contributed by atoms with van der Waals surface area (Å²) in [5.74, 6) is 1.01. The molecule has 0 radical (unpaired) electrons. The van der Waals surface area contributed by atoms with Gasteiger partial charge in [-0.1, -0.05) is 29.3 Å². The largest absolute Gasteiger partial charge is 0.478 e. The van der Waals surface area contributed by atoms with E-state index in [4.69, 9.17) is 27.9 Å². The highest BCUT2D eigenvalue weighted by molar-refractivity contribution is 6.43. The predicted octanol–water partition coefficient (Wildman–Crippen LogP) is 3.42. The molecule has 60 valence electrons.